The van der Waals surface area contributed by atoms with E-state index in [1.165, 1.54) is 0 Å². The number of aromatic nitrogens is 1. The molecule has 3 rings (SSSR count). The van der Waals surface area contributed by atoms with Gasteiger partial charge in [-0.3, -0.25) is 4.79 Å². The summed E-state index contributed by atoms with van der Waals surface area (Å²) >= 11 is 3.59. The van der Waals surface area contributed by atoms with Gasteiger partial charge in [0.25, 0.3) is 0 Å². The van der Waals surface area contributed by atoms with Crippen molar-refractivity contribution in [2.75, 3.05) is 13.1 Å². The van der Waals surface area contributed by atoms with Crippen LogP contribution in [0.3, 0.4) is 0 Å². The van der Waals surface area contributed by atoms with Crippen molar-refractivity contribution < 1.29 is 9.32 Å². The molecular weight excluding hydrogens is 308 g/mol. The summed E-state index contributed by atoms with van der Waals surface area (Å²) in [5.41, 5.74) is 1.48. The smallest absolute Gasteiger partial charge is 0.228 e. The number of amides is 1. The summed E-state index contributed by atoms with van der Waals surface area (Å²) in [5, 5.41) is 4.95. The third-order valence-electron chi connectivity index (χ3n) is 3.55. The number of nitrogens with zero attached hydrogens (tertiary/aromatic N) is 2. The third kappa shape index (κ3) is 2.66. The zero-order valence-electron chi connectivity index (χ0n) is 10.5. The fourth-order valence-electron chi connectivity index (χ4n) is 2.42. The van der Waals surface area contributed by atoms with E-state index in [2.05, 4.69) is 21.1 Å². The van der Waals surface area contributed by atoms with Crippen LogP contribution < -0.4 is 0 Å². The van der Waals surface area contributed by atoms with Crippen molar-refractivity contribution in [2.24, 2.45) is 0 Å². The maximum Gasteiger partial charge on any atom is 0.228 e. The first-order valence-corrected chi connectivity index (χ1v) is 7.41. The maximum absolute atomic E-state index is 12.2. The monoisotopic (exact) mass is 322 g/mol. The molecule has 0 saturated carbocycles. The Morgan fingerprint density at radius 3 is 2.89 bits per heavy atom. The third-order valence-corrected chi connectivity index (χ3v) is 4.46. The van der Waals surface area contributed by atoms with Crippen LogP contribution in [0, 0.1) is 0 Å². The lowest BCUT2D eigenvalue weighted by Gasteiger charge is -2.29. The minimum absolute atomic E-state index is 0.137. The summed E-state index contributed by atoms with van der Waals surface area (Å²) in [7, 11) is 0. The van der Waals surface area contributed by atoms with Gasteiger partial charge in [-0.25, -0.2) is 0 Å². The highest BCUT2D eigenvalue weighted by atomic mass is 79.9. The van der Waals surface area contributed by atoms with E-state index < -0.39 is 0 Å². The fourth-order valence-corrected chi connectivity index (χ4v) is 2.83. The summed E-state index contributed by atoms with van der Waals surface area (Å²) in [6.07, 6.45) is 2.36. The van der Waals surface area contributed by atoms with Gasteiger partial charge in [0.2, 0.25) is 5.91 Å². The molecule has 1 fully saturated rings. The van der Waals surface area contributed by atoms with Crippen molar-refractivity contribution in [3.05, 3.63) is 30.0 Å². The first-order valence-electron chi connectivity index (χ1n) is 6.49. The van der Waals surface area contributed by atoms with Gasteiger partial charge < -0.3 is 9.42 Å². The summed E-state index contributed by atoms with van der Waals surface area (Å²) in [6.45, 7) is 1.65. The zero-order valence-corrected chi connectivity index (χ0v) is 12.1. The number of para-hydroxylation sites is 1. The Kier molecular flexibility index (Phi) is 3.55. The van der Waals surface area contributed by atoms with Crippen LogP contribution in [0.1, 0.15) is 18.5 Å². The first kappa shape index (κ1) is 12.7. The number of carbonyl (C=O) groups is 1. The molecule has 4 nitrogen and oxygen atoms in total. The number of hydrogen-bond donors (Lipinski definition) is 0. The number of benzene rings is 1. The average molecular weight is 323 g/mol. The van der Waals surface area contributed by atoms with Crippen LogP contribution in [0.2, 0.25) is 0 Å². The Bertz CT molecular complexity index is 588. The summed E-state index contributed by atoms with van der Waals surface area (Å²) in [6, 6.07) is 7.65. The molecule has 2 aromatic rings. The van der Waals surface area contributed by atoms with Crippen LogP contribution in [0.4, 0.5) is 0 Å². The van der Waals surface area contributed by atoms with E-state index in [0.717, 1.165) is 42.6 Å². The first-order chi connectivity index (χ1) is 9.24. The fraction of sp³-hybridized carbons (Fsp3) is 0.429. The van der Waals surface area contributed by atoms with Crippen LogP contribution in [0.25, 0.3) is 11.0 Å². The molecule has 0 radical (unpaired) electrons. The van der Waals surface area contributed by atoms with Crippen molar-refractivity contribution in [1.29, 1.82) is 0 Å². The molecule has 0 N–H and O–H groups in total. The largest absolute Gasteiger partial charge is 0.356 e. The second-order valence-corrected chi connectivity index (χ2v) is 6.15. The summed E-state index contributed by atoms with van der Waals surface area (Å²) < 4.78 is 5.23. The van der Waals surface area contributed by atoms with E-state index in [0.29, 0.717) is 11.2 Å². The van der Waals surface area contributed by atoms with Gasteiger partial charge in [0.1, 0.15) is 5.69 Å². The quantitative estimate of drug-likeness (QED) is 0.799. The Morgan fingerprint density at radius 1 is 1.37 bits per heavy atom. The van der Waals surface area contributed by atoms with Crippen LogP contribution in [0.15, 0.2) is 28.8 Å². The van der Waals surface area contributed by atoms with E-state index >= 15 is 0 Å². The molecule has 1 aromatic carbocycles. The van der Waals surface area contributed by atoms with Crippen molar-refractivity contribution in [2.45, 2.75) is 24.1 Å². The Balaban J connectivity index is 1.72. The molecule has 1 aliphatic rings. The molecule has 19 heavy (non-hydrogen) atoms. The van der Waals surface area contributed by atoms with Gasteiger partial charge in [0.05, 0.1) is 6.42 Å². The van der Waals surface area contributed by atoms with E-state index in [1.54, 1.807) is 0 Å². The number of carbonyl (C=O) groups excluding carboxylic acids is 1. The minimum atomic E-state index is 0.137. The normalized spacial score (nSPS) is 17.0. The molecule has 1 aromatic heterocycles. The Morgan fingerprint density at radius 2 is 2.11 bits per heavy atom. The SMILES string of the molecule is O=C(Cc1noc2ccccc12)N1CCC(Br)CC1. The maximum atomic E-state index is 12.2. The molecule has 1 aliphatic heterocycles. The molecule has 0 unspecified atom stereocenters. The van der Waals surface area contributed by atoms with Crippen LogP contribution in [-0.2, 0) is 11.2 Å². The molecule has 0 atom stereocenters. The molecular formula is C14H15BrN2O2. The van der Waals surface area contributed by atoms with Gasteiger partial charge in [-0.1, -0.05) is 33.2 Å². The number of fused-ring (bicyclic) bond motifs is 1. The van der Waals surface area contributed by atoms with Gasteiger partial charge in [-0.05, 0) is 25.0 Å². The molecule has 1 amide bonds. The van der Waals surface area contributed by atoms with Crippen molar-refractivity contribution in [3.8, 4) is 0 Å². The number of alkyl halides is 1. The van der Waals surface area contributed by atoms with Crippen LogP contribution >= 0.6 is 15.9 Å². The lowest BCUT2D eigenvalue weighted by molar-refractivity contribution is -0.131. The van der Waals surface area contributed by atoms with Gasteiger partial charge >= 0.3 is 0 Å². The molecule has 1 saturated heterocycles. The highest BCUT2D eigenvalue weighted by Crippen LogP contribution is 2.21. The molecule has 0 aliphatic carbocycles. The van der Waals surface area contributed by atoms with Crippen molar-refractivity contribution in [1.82, 2.24) is 10.1 Å². The average Bonchev–Trinajstić information content (AvgIpc) is 2.83. The van der Waals surface area contributed by atoms with Crippen LogP contribution in [-0.4, -0.2) is 33.9 Å². The lowest BCUT2D eigenvalue weighted by Crippen LogP contribution is -2.39. The van der Waals surface area contributed by atoms with Crippen molar-refractivity contribution in [3.63, 3.8) is 0 Å². The van der Waals surface area contributed by atoms with E-state index in [1.807, 2.05) is 29.2 Å². The van der Waals surface area contributed by atoms with Gasteiger partial charge in [-0.15, -0.1) is 0 Å². The number of hydrogen-bond acceptors (Lipinski definition) is 3. The zero-order chi connectivity index (χ0) is 13.2. The predicted octanol–water partition coefficient (Wildman–Crippen LogP) is 2.76. The van der Waals surface area contributed by atoms with E-state index in [4.69, 9.17) is 4.52 Å². The van der Waals surface area contributed by atoms with Crippen LogP contribution in [0.5, 0.6) is 0 Å². The van der Waals surface area contributed by atoms with Crippen molar-refractivity contribution >= 4 is 32.8 Å². The number of halogens is 1. The highest BCUT2D eigenvalue weighted by molar-refractivity contribution is 9.09. The Hall–Kier alpha value is -1.36. The standard InChI is InChI=1S/C14H15BrN2O2/c15-10-5-7-17(8-6-10)14(18)9-12-11-3-1-2-4-13(11)19-16-12/h1-4,10H,5-9H2. The van der Waals surface area contributed by atoms with Gasteiger partial charge in [-0.2, -0.15) is 0 Å². The lowest BCUT2D eigenvalue weighted by atomic mass is 10.1. The molecule has 100 valence electrons. The number of likely N-dealkylation sites (tertiary alicyclic amines) is 1. The number of rotatable bonds is 2. The topological polar surface area (TPSA) is 46.3 Å². The van der Waals surface area contributed by atoms with Gasteiger partial charge in [0, 0.05) is 23.3 Å². The predicted molar refractivity (Wildman–Crippen MR) is 76.2 cm³/mol. The van der Waals surface area contributed by atoms with E-state index in [9.17, 15) is 4.79 Å². The minimum Gasteiger partial charge on any atom is -0.356 e. The summed E-state index contributed by atoms with van der Waals surface area (Å²) in [4.78, 5) is 14.7. The molecule has 0 spiro atoms. The van der Waals surface area contributed by atoms with E-state index in [-0.39, 0.29) is 5.91 Å². The second kappa shape index (κ2) is 5.33. The number of piperidine rings is 1. The summed E-state index contributed by atoms with van der Waals surface area (Å²) in [5.74, 6) is 0.137. The molecule has 5 heteroatoms. The second-order valence-electron chi connectivity index (χ2n) is 4.86. The molecule has 0 bridgehead atoms. The Labute approximate surface area is 119 Å². The highest BCUT2D eigenvalue weighted by Gasteiger charge is 2.22. The van der Waals surface area contributed by atoms with Gasteiger partial charge in [0.15, 0.2) is 5.58 Å². The molecule has 2 heterocycles.